The molecule has 5 aromatic rings. The Kier molecular flexibility index (Phi) is 6.50. The number of nitrogens with two attached hydrogens (primary N) is 1. The number of guanidine groups is 1. The van der Waals surface area contributed by atoms with Gasteiger partial charge in [-0.1, -0.05) is 122 Å². The van der Waals surface area contributed by atoms with Crippen molar-refractivity contribution >= 4 is 34.5 Å². The van der Waals surface area contributed by atoms with Gasteiger partial charge in [-0.15, -0.1) is 0 Å². The number of benzene rings is 5. The molecule has 2 atom stereocenters. The standard InChI is InChI=1S/C40H31N5/c1-2-42-39(27-14-4-3-5-15-27)43-40(41)45-37-22-12-6-16-30(37)29-25-24-28(26-34(29)33-19-9-13-23-38(33)45)44-35-20-10-7-17-31(35)32-18-8-11-21-36(32)44/h2-26,31,35H,1H2,(H2,41,42,43). The number of amidine groups is 1. The highest BCUT2D eigenvalue weighted by Crippen LogP contribution is 2.52. The van der Waals surface area contributed by atoms with E-state index in [1.165, 1.54) is 17.5 Å². The summed E-state index contributed by atoms with van der Waals surface area (Å²) in [6.07, 6.45) is 10.5. The first kappa shape index (κ1) is 26.7. The minimum atomic E-state index is 0.221. The number of fused-ring (bicyclic) bond motifs is 8. The smallest absolute Gasteiger partial charge is 0.207 e. The number of allylic oxidation sites excluding steroid dienone is 2. The predicted octanol–water partition coefficient (Wildman–Crippen LogP) is 9.11. The molecule has 0 saturated carbocycles. The van der Waals surface area contributed by atoms with E-state index >= 15 is 0 Å². The van der Waals surface area contributed by atoms with Gasteiger partial charge in [0.1, 0.15) is 0 Å². The van der Waals surface area contributed by atoms with Crippen molar-refractivity contribution in [2.24, 2.45) is 15.7 Å². The second-order valence-corrected chi connectivity index (χ2v) is 11.3. The first-order valence-electron chi connectivity index (χ1n) is 15.2. The molecule has 8 rings (SSSR count). The molecule has 0 spiro atoms. The van der Waals surface area contributed by atoms with E-state index < -0.39 is 0 Å². The molecule has 45 heavy (non-hydrogen) atoms. The first-order valence-corrected chi connectivity index (χ1v) is 15.2. The number of anilines is 4. The van der Waals surface area contributed by atoms with Crippen LogP contribution in [0, 0.1) is 0 Å². The summed E-state index contributed by atoms with van der Waals surface area (Å²) in [4.78, 5) is 13.9. The first-order chi connectivity index (χ1) is 22.2. The highest BCUT2D eigenvalue weighted by Gasteiger charge is 2.37. The minimum absolute atomic E-state index is 0.221. The van der Waals surface area contributed by atoms with E-state index in [2.05, 4.69) is 120 Å². The molecule has 5 nitrogen and oxygen atoms in total. The third kappa shape index (κ3) is 4.40. The molecule has 2 aliphatic heterocycles. The van der Waals surface area contributed by atoms with E-state index in [4.69, 9.17) is 10.7 Å². The van der Waals surface area contributed by atoms with Gasteiger partial charge >= 0.3 is 0 Å². The van der Waals surface area contributed by atoms with Crippen LogP contribution in [0.3, 0.4) is 0 Å². The lowest BCUT2D eigenvalue weighted by atomic mass is 9.91. The summed E-state index contributed by atoms with van der Waals surface area (Å²) in [6.45, 7) is 3.82. The summed E-state index contributed by atoms with van der Waals surface area (Å²) in [6, 6.07) is 42.5. The Morgan fingerprint density at radius 1 is 0.667 bits per heavy atom. The van der Waals surface area contributed by atoms with Crippen molar-refractivity contribution in [3.05, 3.63) is 170 Å². The zero-order valence-electron chi connectivity index (χ0n) is 24.7. The highest BCUT2D eigenvalue weighted by atomic mass is 15.3. The molecule has 3 aliphatic rings. The third-order valence-corrected chi connectivity index (χ3v) is 8.81. The van der Waals surface area contributed by atoms with Crippen LogP contribution >= 0.6 is 0 Å². The Bertz CT molecular complexity index is 2070. The molecule has 2 N–H and O–H groups in total. The van der Waals surface area contributed by atoms with Crippen LogP contribution in [0.2, 0.25) is 0 Å². The minimum Gasteiger partial charge on any atom is -0.369 e. The second-order valence-electron chi connectivity index (χ2n) is 11.3. The number of para-hydroxylation sites is 3. The fraction of sp³-hybridized carbons (Fsp3) is 0.0500. The van der Waals surface area contributed by atoms with Crippen LogP contribution in [-0.4, -0.2) is 17.8 Å². The van der Waals surface area contributed by atoms with E-state index in [1.54, 1.807) is 0 Å². The summed E-state index contributed by atoms with van der Waals surface area (Å²) in [7, 11) is 0. The average Bonchev–Trinajstić information content (AvgIpc) is 3.37. The van der Waals surface area contributed by atoms with Crippen molar-refractivity contribution in [3.8, 4) is 22.3 Å². The lowest BCUT2D eigenvalue weighted by Gasteiger charge is -2.29. The molecule has 5 heteroatoms. The number of nitrogens with zero attached hydrogens (tertiary/aromatic N) is 4. The van der Waals surface area contributed by atoms with Crippen molar-refractivity contribution in [1.82, 2.24) is 0 Å². The Morgan fingerprint density at radius 3 is 2.07 bits per heavy atom. The summed E-state index contributed by atoms with van der Waals surface area (Å²) in [5.41, 5.74) is 17.9. The average molecular weight is 582 g/mol. The van der Waals surface area contributed by atoms with Crippen LogP contribution in [0.4, 0.5) is 22.7 Å². The summed E-state index contributed by atoms with van der Waals surface area (Å²) in [5.74, 6) is 1.14. The largest absolute Gasteiger partial charge is 0.369 e. The molecule has 5 aromatic carbocycles. The van der Waals surface area contributed by atoms with Crippen molar-refractivity contribution in [2.45, 2.75) is 12.0 Å². The lowest BCUT2D eigenvalue weighted by molar-refractivity contribution is 0.745. The normalized spacial score (nSPS) is 18.0. The number of aliphatic imine (C=N–C) groups is 2. The topological polar surface area (TPSA) is 57.2 Å². The maximum absolute atomic E-state index is 6.95. The molecule has 2 heterocycles. The summed E-state index contributed by atoms with van der Waals surface area (Å²) in [5, 5.41) is 0. The van der Waals surface area contributed by atoms with Gasteiger partial charge in [0, 0.05) is 40.2 Å². The van der Waals surface area contributed by atoms with Crippen LogP contribution < -0.4 is 15.5 Å². The van der Waals surface area contributed by atoms with Gasteiger partial charge in [-0.2, -0.15) is 4.99 Å². The highest BCUT2D eigenvalue weighted by molar-refractivity contribution is 6.16. The van der Waals surface area contributed by atoms with Gasteiger partial charge in [0.15, 0.2) is 5.84 Å². The van der Waals surface area contributed by atoms with Gasteiger partial charge in [0.2, 0.25) is 5.96 Å². The van der Waals surface area contributed by atoms with Gasteiger partial charge < -0.3 is 10.6 Å². The van der Waals surface area contributed by atoms with E-state index in [0.717, 1.165) is 44.9 Å². The predicted molar refractivity (Wildman–Crippen MR) is 188 cm³/mol. The van der Waals surface area contributed by atoms with Crippen molar-refractivity contribution in [2.75, 3.05) is 9.80 Å². The van der Waals surface area contributed by atoms with Gasteiger partial charge in [0.25, 0.3) is 0 Å². The van der Waals surface area contributed by atoms with Gasteiger partial charge in [-0.3, -0.25) is 4.90 Å². The fourth-order valence-electron chi connectivity index (χ4n) is 6.90. The van der Waals surface area contributed by atoms with E-state index in [9.17, 15) is 0 Å². The Balaban J connectivity index is 1.31. The second kappa shape index (κ2) is 11.0. The molecule has 0 aromatic heterocycles. The van der Waals surface area contributed by atoms with Crippen LogP contribution in [0.15, 0.2) is 168 Å². The van der Waals surface area contributed by atoms with E-state index in [1.807, 2.05) is 47.4 Å². The zero-order chi connectivity index (χ0) is 30.3. The summed E-state index contributed by atoms with van der Waals surface area (Å²) >= 11 is 0. The van der Waals surface area contributed by atoms with Crippen LogP contribution in [0.25, 0.3) is 22.3 Å². The molecule has 0 bridgehead atoms. The molecule has 216 valence electrons. The van der Waals surface area contributed by atoms with Gasteiger partial charge in [0.05, 0.1) is 17.4 Å². The molecule has 2 unspecified atom stereocenters. The van der Waals surface area contributed by atoms with E-state index in [-0.39, 0.29) is 6.04 Å². The summed E-state index contributed by atoms with van der Waals surface area (Å²) < 4.78 is 0. The maximum Gasteiger partial charge on any atom is 0.207 e. The maximum atomic E-state index is 6.95. The number of rotatable bonds is 3. The van der Waals surface area contributed by atoms with Crippen LogP contribution in [0.5, 0.6) is 0 Å². The van der Waals surface area contributed by atoms with E-state index in [0.29, 0.717) is 17.7 Å². The molecule has 0 radical (unpaired) electrons. The van der Waals surface area contributed by atoms with Crippen molar-refractivity contribution in [3.63, 3.8) is 0 Å². The monoisotopic (exact) mass is 581 g/mol. The molecular formula is C40H31N5. The molecule has 0 fully saturated rings. The Hall–Kier alpha value is -5.94. The quantitative estimate of drug-likeness (QED) is 0.171. The van der Waals surface area contributed by atoms with Gasteiger partial charge in [-0.05, 0) is 47.0 Å². The Labute approximate surface area is 263 Å². The van der Waals surface area contributed by atoms with Crippen molar-refractivity contribution in [1.29, 1.82) is 0 Å². The molecule has 0 saturated heterocycles. The van der Waals surface area contributed by atoms with Gasteiger partial charge in [-0.25, -0.2) is 4.99 Å². The fourth-order valence-corrected chi connectivity index (χ4v) is 6.90. The van der Waals surface area contributed by atoms with Crippen molar-refractivity contribution < 1.29 is 0 Å². The Morgan fingerprint density at radius 2 is 1.31 bits per heavy atom. The van der Waals surface area contributed by atoms with Crippen LogP contribution in [-0.2, 0) is 0 Å². The molecule has 0 amide bonds. The molecular weight excluding hydrogens is 550 g/mol. The number of hydrogen-bond acceptors (Lipinski definition) is 2. The molecule has 1 aliphatic carbocycles. The lowest BCUT2D eigenvalue weighted by Crippen LogP contribution is -2.34. The van der Waals surface area contributed by atoms with Crippen LogP contribution in [0.1, 0.15) is 17.0 Å². The number of hydrogen-bond donors (Lipinski definition) is 1. The zero-order valence-corrected chi connectivity index (χ0v) is 24.7. The SMILES string of the molecule is C=CN=C(N=C(N)N1c2ccccc2-c2ccc(N3c4ccccc4C4C=CC=CC43)cc2-c2ccccc21)c1ccccc1. The third-order valence-electron chi connectivity index (χ3n) is 8.81.